The van der Waals surface area contributed by atoms with Gasteiger partial charge in [0.1, 0.15) is 22.5 Å². The molecule has 1 aromatic heterocycles. The van der Waals surface area contributed by atoms with Crippen LogP contribution in [0.15, 0.2) is 126 Å². The van der Waals surface area contributed by atoms with Gasteiger partial charge in [0.05, 0.1) is 11.6 Å². The standard InChI is InChI=1S/C40H35NO5/c1-25-33(37(43)46-39(2,3)4)40(30-22-14-15-23-31(30)41(38(40)44)36(42)28-20-12-7-13-21-28)34(27-18-10-6-11-19-27)29-24-32(45-35(25)29)26-16-8-5-9-17-26/h5-25,33-34H,1-4H3/t25-,33-,34-,40-/m0/s1. The Labute approximate surface area is 268 Å². The number of fused-ring (bicyclic) bond motifs is 3. The maximum Gasteiger partial charge on any atom is 0.311 e. The molecule has 46 heavy (non-hydrogen) atoms. The molecule has 0 bridgehead atoms. The topological polar surface area (TPSA) is 76.8 Å². The monoisotopic (exact) mass is 609 g/mol. The number of carbonyl (C=O) groups excluding carboxylic acids is 3. The maximum absolute atomic E-state index is 15.5. The molecular weight excluding hydrogens is 574 g/mol. The normalized spacial score (nSPS) is 22.0. The number of imide groups is 1. The first-order chi connectivity index (χ1) is 22.1. The molecule has 2 aliphatic rings. The summed E-state index contributed by atoms with van der Waals surface area (Å²) in [4.78, 5) is 45.7. The van der Waals surface area contributed by atoms with Gasteiger partial charge in [0.15, 0.2) is 0 Å². The Bertz CT molecular complexity index is 1940. The Kier molecular flexibility index (Phi) is 7.04. The van der Waals surface area contributed by atoms with Crippen LogP contribution in [0.3, 0.4) is 0 Å². The molecule has 2 heterocycles. The average Bonchev–Trinajstić information content (AvgIpc) is 3.60. The number of hydrogen-bond acceptors (Lipinski definition) is 5. The van der Waals surface area contributed by atoms with E-state index in [1.165, 1.54) is 4.90 Å². The van der Waals surface area contributed by atoms with Gasteiger partial charge in [-0.25, -0.2) is 4.90 Å². The maximum atomic E-state index is 15.5. The second-order valence-electron chi connectivity index (χ2n) is 13.1. The highest BCUT2D eigenvalue weighted by Crippen LogP contribution is 2.64. The number of benzene rings is 4. The van der Waals surface area contributed by atoms with Gasteiger partial charge in [-0.3, -0.25) is 14.4 Å². The van der Waals surface area contributed by atoms with Gasteiger partial charge in [-0.05, 0) is 56.2 Å². The van der Waals surface area contributed by atoms with Gasteiger partial charge in [-0.1, -0.05) is 104 Å². The van der Waals surface area contributed by atoms with E-state index in [-0.39, 0.29) is 0 Å². The fourth-order valence-corrected chi connectivity index (χ4v) is 7.48. The fraction of sp³-hybridized carbons (Fsp3) is 0.225. The molecule has 1 aliphatic heterocycles. The molecule has 5 aromatic rings. The van der Waals surface area contributed by atoms with Crippen molar-refractivity contribution in [2.45, 2.75) is 50.5 Å². The number of furan rings is 1. The van der Waals surface area contributed by atoms with Gasteiger partial charge in [0.2, 0.25) is 5.91 Å². The number of rotatable bonds is 4. The Morgan fingerprint density at radius 1 is 0.804 bits per heavy atom. The number of esters is 1. The molecule has 0 N–H and O–H groups in total. The van der Waals surface area contributed by atoms with E-state index < -0.39 is 46.6 Å². The van der Waals surface area contributed by atoms with Gasteiger partial charge in [-0.2, -0.15) is 0 Å². The van der Waals surface area contributed by atoms with Gasteiger partial charge < -0.3 is 9.15 Å². The van der Waals surface area contributed by atoms with Crippen molar-refractivity contribution in [1.82, 2.24) is 0 Å². The lowest BCUT2D eigenvalue weighted by Gasteiger charge is -2.47. The predicted molar refractivity (Wildman–Crippen MR) is 177 cm³/mol. The summed E-state index contributed by atoms with van der Waals surface area (Å²) >= 11 is 0. The molecule has 0 fully saturated rings. The Hall–Kier alpha value is -5.23. The third kappa shape index (κ3) is 4.51. The Morgan fingerprint density at radius 3 is 2.04 bits per heavy atom. The van der Waals surface area contributed by atoms with E-state index in [0.717, 1.165) is 16.7 Å². The van der Waals surface area contributed by atoms with E-state index in [1.807, 2.05) is 119 Å². The second kappa shape index (κ2) is 11.0. The van der Waals surface area contributed by atoms with Crippen LogP contribution in [0, 0.1) is 5.92 Å². The van der Waals surface area contributed by atoms with Crippen LogP contribution < -0.4 is 4.90 Å². The van der Waals surface area contributed by atoms with Crippen molar-refractivity contribution in [2.24, 2.45) is 5.92 Å². The van der Waals surface area contributed by atoms with E-state index >= 15 is 4.79 Å². The zero-order chi connectivity index (χ0) is 32.2. The number of amides is 2. The Balaban J connectivity index is 1.55. The molecule has 4 atom stereocenters. The largest absolute Gasteiger partial charge is 0.460 e. The zero-order valence-electron chi connectivity index (χ0n) is 26.3. The summed E-state index contributed by atoms with van der Waals surface area (Å²) in [5, 5.41) is 0. The fourth-order valence-electron chi connectivity index (χ4n) is 7.48. The molecule has 0 unspecified atom stereocenters. The van der Waals surface area contributed by atoms with Crippen LogP contribution in [-0.2, 0) is 19.7 Å². The highest BCUT2D eigenvalue weighted by molar-refractivity contribution is 6.28. The van der Waals surface area contributed by atoms with Crippen molar-refractivity contribution < 1.29 is 23.5 Å². The van der Waals surface area contributed by atoms with Gasteiger partial charge in [0.25, 0.3) is 5.91 Å². The minimum Gasteiger partial charge on any atom is -0.460 e. The first-order valence-corrected chi connectivity index (χ1v) is 15.6. The SMILES string of the molecule is C[C@@H]1c2oc(-c3ccccc3)cc2[C@H](c2ccccc2)[C@@]2(C(=O)N(C(=O)c3ccccc3)c3ccccc32)[C@@H]1C(=O)OC(C)(C)C. The van der Waals surface area contributed by atoms with Crippen molar-refractivity contribution in [3.63, 3.8) is 0 Å². The molecular formula is C40H35NO5. The molecule has 4 aromatic carbocycles. The van der Waals surface area contributed by atoms with Crippen LogP contribution in [0.1, 0.15) is 72.3 Å². The summed E-state index contributed by atoms with van der Waals surface area (Å²) < 4.78 is 12.8. The second-order valence-corrected chi connectivity index (χ2v) is 13.1. The number of para-hydroxylation sites is 1. The van der Waals surface area contributed by atoms with Crippen LogP contribution in [0.4, 0.5) is 5.69 Å². The third-order valence-electron chi connectivity index (χ3n) is 9.18. The number of carbonyl (C=O) groups is 3. The molecule has 0 saturated heterocycles. The lowest BCUT2D eigenvalue weighted by Crippen LogP contribution is -2.57. The predicted octanol–water partition coefficient (Wildman–Crippen LogP) is 8.28. The molecule has 6 heteroatoms. The van der Waals surface area contributed by atoms with E-state index in [9.17, 15) is 9.59 Å². The van der Waals surface area contributed by atoms with Gasteiger partial charge >= 0.3 is 5.97 Å². The van der Waals surface area contributed by atoms with Crippen molar-refractivity contribution in [1.29, 1.82) is 0 Å². The van der Waals surface area contributed by atoms with Crippen LogP contribution in [0.5, 0.6) is 0 Å². The first-order valence-electron chi connectivity index (χ1n) is 15.6. The van der Waals surface area contributed by atoms with E-state index in [2.05, 4.69) is 0 Å². The van der Waals surface area contributed by atoms with Crippen LogP contribution in [-0.4, -0.2) is 23.4 Å². The summed E-state index contributed by atoms with van der Waals surface area (Å²) in [6.07, 6.45) is 0. The Morgan fingerprint density at radius 2 is 1.39 bits per heavy atom. The van der Waals surface area contributed by atoms with Crippen LogP contribution in [0.25, 0.3) is 11.3 Å². The van der Waals surface area contributed by atoms with E-state index in [0.29, 0.717) is 28.3 Å². The molecule has 230 valence electrons. The van der Waals surface area contributed by atoms with Gasteiger partial charge in [0, 0.05) is 28.5 Å². The lowest BCUT2D eigenvalue weighted by molar-refractivity contribution is -0.166. The number of ether oxygens (including phenoxy) is 1. The summed E-state index contributed by atoms with van der Waals surface area (Å²) in [6.45, 7) is 7.38. The van der Waals surface area contributed by atoms with Crippen molar-refractivity contribution in [2.75, 3.05) is 4.90 Å². The number of nitrogens with zero attached hydrogens (tertiary/aromatic N) is 1. The van der Waals surface area contributed by atoms with Crippen LogP contribution in [0.2, 0.25) is 0 Å². The molecule has 6 nitrogen and oxygen atoms in total. The zero-order valence-corrected chi connectivity index (χ0v) is 26.3. The minimum atomic E-state index is -1.52. The number of anilines is 1. The van der Waals surface area contributed by atoms with E-state index in [4.69, 9.17) is 9.15 Å². The smallest absolute Gasteiger partial charge is 0.311 e. The highest BCUT2D eigenvalue weighted by Gasteiger charge is 2.68. The van der Waals surface area contributed by atoms with Crippen molar-refractivity contribution in [3.8, 4) is 11.3 Å². The summed E-state index contributed by atoms with van der Waals surface area (Å²) in [7, 11) is 0. The quantitative estimate of drug-likeness (QED) is 0.151. The first kappa shape index (κ1) is 29.5. The molecule has 2 amide bonds. The summed E-state index contributed by atoms with van der Waals surface area (Å²) in [5.74, 6) is -2.37. The lowest BCUT2D eigenvalue weighted by atomic mass is 9.52. The minimum absolute atomic E-state index is 0.381. The van der Waals surface area contributed by atoms with E-state index in [1.54, 1.807) is 30.3 Å². The molecule has 0 saturated carbocycles. The van der Waals surface area contributed by atoms with Crippen molar-refractivity contribution in [3.05, 3.63) is 149 Å². The third-order valence-corrected chi connectivity index (χ3v) is 9.18. The van der Waals surface area contributed by atoms with Gasteiger partial charge in [-0.15, -0.1) is 0 Å². The molecule has 7 rings (SSSR count). The summed E-state index contributed by atoms with van der Waals surface area (Å²) in [5.41, 5.74) is 1.67. The molecule has 1 aliphatic carbocycles. The molecule has 1 spiro atoms. The van der Waals surface area contributed by atoms with Crippen LogP contribution >= 0.6 is 0 Å². The average molecular weight is 610 g/mol. The number of hydrogen-bond donors (Lipinski definition) is 0. The van der Waals surface area contributed by atoms with Crippen molar-refractivity contribution >= 4 is 23.5 Å². The highest BCUT2D eigenvalue weighted by atomic mass is 16.6. The molecule has 0 radical (unpaired) electrons. The summed E-state index contributed by atoms with van der Waals surface area (Å²) in [6, 6.07) is 37.7.